The molecule has 0 spiro atoms. The Morgan fingerprint density at radius 2 is 1.95 bits per heavy atom. The quantitative estimate of drug-likeness (QED) is 0.636. The standard InChI is InChI=1S/C18H25N3O/c1-14-6-8-16(9-7-14)15(2)13-21-18(19-3)20-11-10-17-5-4-12-22-17/h4-9,12,15H,10-11,13H2,1-3H3,(H2,19,20,21). The van der Waals surface area contributed by atoms with E-state index in [0.29, 0.717) is 5.92 Å². The Morgan fingerprint density at radius 3 is 2.59 bits per heavy atom. The summed E-state index contributed by atoms with van der Waals surface area (Å²) in [6.45, 7) is 5.97. The molecule has 0 aliphatic heterocycles. The Hall–Kier alpha value is -2.23. The number of aliphatic imine (C=N–C) groups is 1. The van der Waals surface area contributed by atoms with Gasteiger partial charge in [-0.15, -0.1) is 0 Å². The number of aryl methyl sites for hydroxylation is 1. The molecule has 0 bridgehead atoms. The lowest BCUT2D eigenvalue weighted by molar-refractivity contribution is 0.506. The molecular weight excluding hydrogens is 274 g/mol. The molecule has 2 N–H and O–H groups in total. The minimum absolute atomic E-state index is 0.434. The highest BCUT2D eigenvalue weighted by Crippen LogP contribution is 2.14. The van der Waals surface area contributed by atoms with Crippen LogP contribution in [0.3, 0.4) is 0 Å². The normalized spacial score (nSPS) is 13.0. The first-order valence-electron chi connectivity index (χ1n) is 7.72. The van der Waals surface area contributed by atoms with Crippen molar-refractivity contribution in [1.29, 1.82) is 0 Å². The van der Waals surface area contributed by atoms with Gasteiger partial charge in [-0.2, -0.15) is 0 Å². The highest BCUT2D eigenvalue weighted by atomic mass is 16.3. The molecule has 2 aromatic rings. The fourth-order valence-electron chi connectivity index (χ4n) is 2.24. The topological polar surface area (TPSA) is 49.6 Å². The van der Waals surface area contributed by atoms with Crippen molar-refractivity contribution in [3.8, 4) is 0 Å². The van der Waals surface area contributed by atoms with E-state index in [2.05, 4.69) is 53.7 Å². The maximum absolute atomic E-state index is 5.31. The number of guanidine groups is 1. The Morgan fingerprint density at radius 1 is 1.18 bits per heavy atom. The lowest BCUT2D eigenvalue weighted by Crippen LogP contribution is -2.39. The van der Waals surface area contributed by atoms with E-state index in [1.807, 2.05) is 12.1 Å². The molecule has 0 saturated carbocycles. The van der Waals surface area contributed by atoms with Crippen molar-refractivity contribution < 1.29 is 4.42 Å². The summed E-state index contributed by atoms with van der Waals surface area (Å²) in [6, 6.07) is 12.6. The molecule has 22 heavy (non-hydrogen) atoms. The average Bonchev–Trinajstić information content (AvgIpc) is 3.04. The summed E-state index contributed by atoms with van der Waals surface area (Å²) in [7, 11) is 1.79. The molecule has 2 rings (SSSR count). The summed E-state index contributed by atoms with van der Waals surface area (Å²) in [5.41, 5.74) is 2.63. The van der Waals surface area contributed by atoms with Gasteiger partial charge in [0.15, 0.2) is 5.96 Å². The molecule has 1 unspecified atom stereocenters. The lowest BCUT2D eigenvalue weighted by atomic mass is 10.0. The number of rotatable bonds is 6. The molecule has 4 heteroatoms. The maximum Gasteiger partial charge on any atom is 0.191 e. The molecule has 1 heterocycles. The van der Waals surface area contributed by atoms with Gasteiger partial charge in [0.25, 0.3) is 0 Å². The molecule has 4 nitrogen and oxygen atoms in total. The third-order valence-corrected chi connectivity index (χ3v) is 3.69. The third-order valence-electron chi connectivity index (χ3n) is 3.69. The van der Waals surface area contributed by atoms with Crippen LogP contribution >= 0.6 is 0 Å². The zero-order valence-electron chi connectivity index (χ0n) is 13.6. The van der Waals surface area contributed by atoms with Gasteiger partial charge in [0, 0.05) is 26.6 Å². The zero-order chi connectivity index (χ0) is 15.8. The van der Waals surface area contributed by atoms with E-state index < -0.39 is 0 Å². The second-order valence-electron chi connectivity index (χ2n) is 5.52. The number of benzene rings is 1. The van der Waals surface area contributed by atoms with Crippen molar-refractivity contribution in [3.05, 3.63) is 59.5 Å². The van der Waals surface area contributed by atoms with Crippen molar-refractivity contribution in [1.82, 2.24) is 10.6 Å². The maximum atomic E-state index is 5.31. The minimum Gasteiger partial charge on any atom is -0.469 e. The molecule has 0 saturated heterocycles. The van der Waals surface area contributed by atoms with Crippen LogP contribution in [0.2, 0.25) is 0 Å². The summed E-state index contributed by atoms with van der Waals surface area (Å²) >= 11 is 0. The molecule has 0 amide bonds. The molecule has 1 aromatic heterocycles. The molecule has 118 valence electrons. The Bertz CT molecular complexity index is 573. The first-order valence-corrected chi connectivity index (χ1v) is 7.72. The molecule has 1 aromatic carbocycles. The van der Waals surface area contributed by atoms with E-state index in [0.717, 1.165) is 31.2 Å². The summed E-state index contributed by atoms with van der Waals surface area (Å²) in [4.78, 5) is 4.25. The average molecular weight is 299 g/mol. The van der Waals surface area contributed by atoms with Crippen molar-refractivity contribution in [2.75, 3.05) is 20.1 Å². The van der Waals surface area contributed by atoms with Gasteiger partial charge in [-0.1, -0.05) is 36.8 Å². The van der Waals surface area contributed by atoms with Gasteiger partial charge in [0.1, 0.15) is 5.76 Å². The monoisotopic (exact) mass is 299 g/mol. The SMILES string of the molecule is CN=C(NCCc1ccco1)NCC(C)c1ccc(C)cc1. The smallest absolute Gasteiger partial charge is 0.191 e. The van der Waals surface area contributed by atoms with Crippen LogP contribution in [0.1, 0.15) is 29.7 Å². The van der Waals surface area contributed by atoms with Crippen molar-refractivity contribution in [2.45, 2.75) is 26.2 Å². The molecule has 0 aliphatic rings. The fourth-order valence-corrected chi connectivity index (χ4v) is 2.24. The van der Waals surface area contributed by atoms with E-state index in [1.54, 1.807) is 13.3 Å². The van der Waals surface area contributed by atoms with Gasteiger partial charge in [-0.3, -0.25) is 4.99 Å². The van der Waals surface area contributed by atoms with Gasteiger partial charge in [0.05, 0.1) is 6.26 Å². The van der Waals surface area contributed by atoms with Crippen molar-refractivity contribution >= 4 is 5.96 Å². The predicted molar refractivity (Wildman–Crippen MR) is 91.4 cm³/mol. The molecule has 0 radical (unpaired) electrons. The van der Waals surface area contributed by atoms with Gasteiger partial charge >= 0.3 is 0 Å². The van der Waals surface area contributed by atoms with Crippen LogP contribution in [-0.2, 0) is 6.42 Å². The van der Waals surface area contributed by atoms with Crippen LogP contribution in [-0.4, -0.2) is 26.1 Å². The van der Waals surface area contributed by atoms with Crippen LogP contribution in [0.4, 0.5) is 0 Å². The van der Waals surface area contributed by atoms with Crippen molar-refractivity contribution in [2.24, 2.45) is 4.99 Å². The Balaban J connectivity index is 1.74. The van der Waals surface area contributed by atoms with Crippen LogP contribution in [0.15, 0.2) is 52.1 Å². The number of hydrogen-bond acceptors (Lipinski definition) is 2. The Labute approximate surface area is 132 Å². The second-order valence-corrected chi connectivity index (χ2v) is 5.52. The van der Waals surface area contributed by atoms with Crippen LogP contribution in [0.25, 0.3) is 0 Å². The molecular formula is C18H25N3O. The van der Waals surface area contributed by atoms with Crippen molar-refractivity contribution in [3.63, 3.8) is 0 Å². The van der Waals surface area contributed by atoms with Crippen LogP contribution in [0.5, 0.6) is 0 Å². The minimum atomic E-state index is 0.434. The van der Waals surface area contributed by atoms with Gasteiger partial charge in [-0.25, -0.2) is 0 Å². The molecule has 1 atom stereocenters. The van der Waals surface area contributed by atoms with Crippen LogP contribution < -0.4 is 10.6 Å². The highest BCUT2D eigenvalue weighted by molar-refractivity contribution is 5.79. The first kappa shape index (κ1) is 16.1. The number of furan rings is 1. The summed E-state index contributed by atoms with van der Waals surface area (Å²) in [5, 5.41) is 6.67. The van der Waals surface area contributed by atoms with E-state index in [9.17, 15) is 0 Å². The lowest BCUT2D eigenvalue weighted by Gasteiger charge is -2.16. The van der Waals surface area contributed by atoms with E-state index in [1.165, 1.54) is 11.1 Å². The second kappa shape index (κ2) is 8.27. The number of hydrogen-bond donors (Lipinski definition) is 2. The highest BCUT2D eigenvalue weighted by Gasteiger charge is 2.06. The van der Waals surface area contributed by atoms with E-state index in [4.69, 9.17) is 4.42 Å². The first-order chi connectivity index (χ1) is 10.7. The Kier molecular flexibility index (Phi) is 6.07. The molecule has 0 fully saturated rings. The van der Waals surface area contributed by atoms with E-state index >= 15 is 0 Å². The van der Waals surface area contributed by atoms with Gasteiger partial charge in [0.2, 0.25) is 0 Å². The summed E-state index contributed by atoms with van der Waals surface area (Å²) in [6.07, 6.45) is 2.55. The third kappa shape index (κ3) is 4.95. The predicted octanol–water partition coefficient (Wildman–Crippen LogP) is 3.10. The van der Waals surface area contributed by atoms with Gasteiger partial charge < -0.3 is 15.1 Å². The van der Waals surface area contributed by atoms with Crippen LogP contribution in [0, 0.1) is 6.92 Å². The molecule has 0 aliphatic carbocycles. The number of nitrogens with zero attached hydrogens (tertiary/aromatic N) is 1. The fraction of sp³-hybridized carbons (Fsp3) is 0.389. The summed E-state index contributed by atoms with van der Waals surface area (Å²) < 4.78 is 5.31. The summed E-state index contributed by atoms with van der Waals surface area (Å²) in [5.74, 6) is 2.24. The zero-order valence-corrected chi connectivity index (χ0v) is 13.6. The number of nitrogens with one attached hydrogen (secondary N) is 2. The van der Waals surface area contributed by atoms with E-state index in [-0.39, 0.29) is 0 Å². The van der Waals surface area contributed by atoms with Gasteiger partial charge in [-0.05, 0) is 30.5 Å². The largest absolute Gasteiger partial charge is 0.469 e.